The van der Waals surface area contributed by atoms with Gasteiger partial charge in [-0.05, 0) is 5.56 Å². The molecule has 0 atom stereocenters. The summed E-state index contributed by atoms with van der Waals surface area (Å²) in [5, 5.41) is 0. The molecule has 0 radical (unpaired) electrons. The second kappa shape index (κ2) is 6.14. The zero-order chi connectivity index (χ0) is 16.5. The Morgan fingerprint density at radius 2 is 1.00 bits per heavy atom. The van der Waals surface area contributed by atoms with Crippen molar-refractivity contribution in [2.24, 2.45) is 0 Å². The van der Waals surface area contributed by atoms with E-state index in [-0.39, 0.29) is 0 Å². The number of hydrogen-bond acceptors (Lipinski definition) is 0. The van der Waals surface area contributed by atoms with E-state index in [1.165, 1.54) is 5.56 Å². The molecule has 0 fully saturated rings. The normalized spacial score (nSPS) is 14.7. The van der Waals surface area contributed by atoms with E-state index in [2.05, 4.69) is 101 Å². The highest BCUT2D eigenvalue weighted by Gasteiger charge is 2.59. The first-order valence-corrected chi connectivity index (χ1v) is 23.6. The molecule has 0 N–H and O–H groups in total. The highest BCUT2D eigenvalue weighted by Crippen LogP contribution is 2.38. The van der Waals surface area contributed by atoms with Crippen molar-refractivity contribution < 1.29 is 0 Å². The summed E-state index contributed by atoms with van der Waals surface area (Å²) >= 11 is 0. The zero-order valence-electron chi connectivity index (χ0n) is 15.5. The predicted molar refractivity (Wildman–Crippen MR) is 111 cm³/mol. The molecule has 118 valence electrons. The summed E-state index contributed by atoms with van der Waals surface area (Å²) in [6, 6.07) is 10.9. The SMILES string of the molecule is C[Si](C)(C)[Si](/C=C/c1ccccc1)([Si](C)(C)C)[Si](C)(C)C. The van der Waals surface area contributed by atoms with Crippen LogP contribution in [0.4, 0.5) is 0 Å². The molecule has 21 heavy (non-hydrogen) atoms. The van der Waals surface area contributed by atoms with Gasteiger partial charge in [0.1, 0.15) is 0 Å². The van der Waals surface area contributed by atoms with Gasteiger partial charge in [-0.25, -0.2) is 0 Å². The molecular formula is C17H34Si4. The zero-order valence-corrected chi connectivity index (χ0v) is 19.5. The van der Waals surface area contributed by atoms with Crippen LogP contribution in [0.3, 0.4) is 0 Å². The smallest absolute Gasteiger partial charge is 0.0598 e. The Bertz CT molecular complexity index is 448. The van der Waals surface area contributed by atoms with Crippen LogP contribution in [0.2, 0.25) is 58.9 Å². The molecule has 4 heteroatoms. The van der Waals surface area contributed by atoms with Crippen molar-refractivity contribution in [3.63, 3.8) is 0 Å². The first-order valence-electron chi connectivity index (χ1n) is 8.07. The summed E-state index contributed by atoms with van der Waals surface area (Å²) in [6.45, 7) is 22.4. The Balaban J connectivity index is 3.49. The van der Waals surface area contributed by atoms with Crippen LogP contribution in [-0.4, -0.2) is 29.4 Å². The lowest BCUT2D eigenvalue weighted by Crippen LogP contribution is -2.81. The summed E-state index contributed by atoms with van der Waals surface area (Å²) in [4.78, 5) is 0. The summed E-state index contributed by atoms with van der Waals surface area (Å²) in [7, 11) is -3.56. The average Bonchev–Trinajstić information content (AvgIpc) is 2.25. The fourth-order valence-corrected chi connectivity index (χ4v) is 99.9. The topological polar surface area (TPSA) is 0 Å². The van der Waals surface area contributed by atoms with E-state index in [1.807, 2.05) is 0 Å². The lowest BCUT2D eigenvalue weighted by molar-refractivity contribution is 1.66. The molecule has 0 aliphatic rings. The molecule has 0 amide bonds. The van der Waals surface area contributed by atoms with Gasteiger partial charge < -0.3 is 0 Å². The van der Waals surface area contributed by atoms with Gasteiger partial charge in [-0.1, -0.05) is 95.3 Å². The molecule has 0 nitrogen and oxygen atoms in total. The maximum atomic E-state index is 2.80. The minimum atomic E-state index is -1.35. The quantitative estimate of drug-likeness (QED) is 0.577. The van der Waals surface area contributed by atoms with Crippen molar-refractivity contribution in [1.29, 1.82) is 0 Å². The molecule has 0 aromatic heterocycles. The fraction of sp³-hybridized carbons (Fsp3) is 0.529. The third-order valence-electron chi connectivity index (χ3n) is 4.87. The minimum absolute atomic E-state index is 1.19. The largest absolute Gasteiger partial charge is 0.101 e. The maximum Gasteiger partial charge on any atom is 0.0598 e. The van der Waals surface area contributed by atoms with E-state index in [0.717, 1.165) is 0 Å². The van der Waals surface area contributed by atoms with Crippen LogP contribution < -0.4 is 0 Å². The molecule has 0 spiro atoms. The Hall–Kier alpha value is -0.172. The molecule has 0 unspecified atom stereocenters. The summed E-state index contributed by atoms with van der Waals surface area (Å²) in [5.41, 5.74) is 4.18. The van der Waals surface area contributed by atoms with Crippen molar-refractivity contribution in [2.45, 2.75) is 58.9 Å². The number of benzene rings is 1. The van der Waals surface area contributed by atoms with Gasteiger partial charge in [0.05, 0.1) is 6.63 Å². The van der Waals surface area contributed by atoms with Gasteiger partial charge in [0.2, 0.25) is 0 Å². The lowest BCUT2D eigenvalue weighted by Gasteiger charge is -2.55. The number of rotatable bonds is 5. The predicted octanol–water partition coefficient (Wildman–Crippen LogP) is 5.94. The van der Waals surface area contributed by atoms with Crippen LogP contribution in [0.1, 0.15) is 5.56 Å². The average molecular weight is 351 g/mol. The monoisotopic (exact) mass is 350 g/mol. The van der Waals surface area contributed by atoms with Crippen molar-refractivity contribution in [3.8, 4) is 0 Å². The molecule has 0 saturated carbocycles. The van der Waals surface area contributed by atoms with E-state index in [0.29, 0.717) is 0 Å². The maximum absolute atomic E-state index is 2.80. The highest BCUT2D eigenvalue weighted by molar-refractivity contribution is 7.90. The molecule has 0 heterocycles. The van der Waals surface area contributed by atoms with Crippen LogP contribution in [0.5, 0.6) is 0 Å². The van der Waals surface area contributed by atoms with Crippen LogP contribution >= 0.6 is 0 Å². The lowest BCUT2D eigenvalue weighted by atomic mass is 10.2. The molecule has 0 bridgehead atoms. The summed E-state index contributed by atoms with van der Waals surface area (Å²) in [6.07, 6.45) is 2.47. The highest BCUT2D eigenvalue weighted by atomic mass is 29.9. The van der Waals surface area contributed by atoms with Crippen LogP contribution in [0.25, 0.3) is 6.08 Å². The Kier molecular flexibility index (Phi) is 5.52. The summed E-state index contributed by atoms with van der Waals surface area (Å²) in [5.74, 6) is 0. The van der Waals surface area contributed by atoms with Crippen molar-refractivity contribution in [3.05, 3.63) is 41.6 Å². The molecule has 0 saturated heterocycles. The van der Waals surface area contributed by atoms with Gasteiger partial charge in [0, 0.05) is 22.8 Å². The van der Waals surface area contributed by atoms with Gasteiger partial charge in [-0.15, -0.1) is 5.70 Å². The van der Waals surface area contributed by atoms with Crippen LogP contribution in [-0.2, 0) is 0 Å². The van der Waals surface area contributed by atoms with Crippen molar-refractivity contribution in [1.82, 2.24) is 0 Å². The van der Waals surface area contributed by atoms with Gasteiger partial charge in [-0.3, -0.25) is 0 Å². The van der Waals surface area contributed by atoms with E-state index < -0.39 is 29.4 Å². The Morgan fingerprint density at radius 1 is 0.619 bits per heavy atom. The van der Waals surface area contributed by atoms with Gasteiger partial charge in [0.15, 0.2) is 0 Å². The third kappa shape index (κ3) is 3.78. The molecule has 1 aromatic carbocycles. The number of hydrogen-bond donors (Lipinski definition) is 0. The minimum Gasteiger partial charge on any atom is -0.101 e. The van der Waals surface area contributed by atoms with E-state index in [9.17, 15) is 0 Å². The third-order valence-corrected chi connectivity index (χ3v) is 75.9. The van der Waals surface area contributed by atoms with Crippen molar-refractivity contribution in [2.75, 3.05) is 0 Å². The van der Waals surface area contributed by atoms with Crippen molar-refractivity contribution >= 4 is 35.5 Å². The first kappa shape index (κ1) is 18.9. The second-order valence-electron chi connectivity index (χ2n) is 9.30. The molecule has 1 rings (SSSR count). The van der Waals surface area contributed by atoms with E-state index in [4.69, 9.17) is 0 Å². The van der Waals surface area contributed by atoms with Crippen LogP contribution in [0, 0.1) is 0 Å². The van der Waals surface area contributed by atoms with Gasteiger partial charge in [-0.2, -0.15) is 0 Å². The first-order chi connectivity index (χ1) is 9.33. The van der Waals surface area contributed by atoms with E-state index in [1.54, 1.807) is 0 Å². The molecular weight excluding hydrogens is 317 g/mol. The second-order valence-corrected chi connectivity index (χ2v) is 49.8. The van der Waals surface area contributed by atoms with Gasteiger partial charge >= 0.3 is 0 Å². The fourth-order valence-electron chi connectivity index (χ4n) is 4.91. The molecule has 0 aliphatic heterocycles. The molecule has 0 aliphatic carbocycles. The van der Waals surface area contributed by atoms with Crippen LogP contribution in [0.15, 0.2) is 36.0 Å². The van der Waals surface area contributed by atoms with Gasteiger partial charge in [0.25, 0.3) is 0 Å². The summed E-state index contributed by atoms with van der Waals surface area (Å²) < 4.78 is 0. The molecule has 1 aromatic rings. The van der Waals surface area contributed by atoms with E-state index >= 15 is 0 Å². The Labute approximate surface area is 136 Å². The Morgan fingerprint density at radius 3 is 1.33 bits per heavy atom. The standard InChI is InChI=1S/C17H34Si4/c1-18(2,3)21(19(4,5)6,20(7,8)9)16-15-17-13-11-10-12-14-17/h10-16H,1-9H3/b16-15+.